The monoisotopic (exact) mass is 235 g/mol. The molecular formula is C13H17NO3. The predicted molar refractivity (Wildman–Crippen MR) is 63.3 cm³/mol. The van der Waals surface area contributed by atoms with Gasteiger partial charge in [-0.3, -0.25) is 4.79 Å². The quantitative estimate of drug-likeness (QED) is 0.793. The third kappa shape index (κ3) is 2.97. The van der Waals surface area contributed by atoms with E-state index in [1.807, 2.05) is 24.3 Å². The van der Waals surface area contributed by atoms with Gasteiger partial charge in [0.05, 0.1) is 19.6 Å². The highest BCUT2D eigenvalue weighted by Gasteiger charge is 2.26. The Bertz CT molecular complexity index is 388. The standard InChI is InChI=1S/C13H17NO3/c1-16-12-8-3-2-5-11(12)9-14-17-13(15)10-6-4-7-10/h2-3,5,8,10,14H,4,6-7,9H2,1H3. The number of hydrogen-bond acceptors (Lipinski definition) is 4. The molecule has 0 aliphatic heterocycles. The highest BCUT2D eigenvalue weighted by molar-refractivity contribution is 5.72. The summed E-state index contributed by atoms with van der Waals surface area (Å²) >= 11 is 0. The zero-order valence-electron chi connectivity index (χ0n) is 9.94. The van der Waals surface area contributed by atoms with Crippen LogP contribution >= 0.6 is 0 Å². The molecule has 4 nitrogen and oxygen atoms in total. The summed E-state index contributed by atoms with van der Waals surface area (Å²) in [5.74, 6) is 0.742. The Morgan fingerprint density at radius 1 is 1.41 bits per heavy atom. The van der Waals surface area contributed by atoms with Gasteiger partial charge in [0.1, 0.15) is 5.75 Å². The van der Waals surface area contributed by atoms with Crippen molar-refractivity contribution in [3.8, 4) is 5.75 Å². The van der Waals surface area contributed by atoms with Crippen LogP contribution in [0.15, 0.2) is 24.3 Å². The lowest BCUT2D eigenvalue weighted by Gasteiger charge is -2.22. The molecule has 1 aromatic carbocycles. The first-order chi connectivity index (χ1) is 8.31. The van der Waals surface area contributed by atoms with Crippen LogP contribution in [0, 0.1) is 5.92 Å². The van der Waals surface area contributed by atoms with E-state index in [1.54, 1.807) is 7.11 Å². The molecule has 1 N–H and O–H groups in total. The van der Waals surface area contributed by atoms with E-state index in [2.05, 4.69) is 5.48 Å². The highest BCUT2D eigenvalue weighted by Crippen LogP contribution is 2.27. The Kier molecular flexibility index (Phi) is 3.98. The molecule has 0 heterocycles. The SMILES string of the molecule is COc1ccccc1CNOC(=O)C1CCC1. The van der Waals surface area contributed by atoms with Gasteiger partial charge in [-0.25, -0.2) is 0 Å². The lowest BCUT2D eigenvalue weighted by Crippen LogP contribution is -2.29. The van der Waals surface area contributed by atoms with E-state index in [0.29, 0.717) is 6.54 Å². The molecule has 0 amide bonds. The molecule has 1 saturated carbocycles. The Morgan fingerprint density at radius 2 is 2.18 bits per heavy atom. The van der Waals surface area contributed by atoms with E-state index in [1.165, 1.54) is 0 Å². The Hall–Kier alpha value is -1.55. The smallest absolute Gasteiger partial charge is 0.327 e. The van der Waals surface area contributed by atoms with E-state index >= 15 is 0 Å². The van der Waals surface area contributed by atoms with E-state index < -0.39 is 0 Å². The number of carbonyl (C=O) groups excluding carboxylic acids is 1. The van der Waals surface area contributed by atoms with Gasteiger partial charge in [0.15, 0.2) is 0 Å². The van der Waals surface area contributed by atoms with Crippen molar-refractivity contribution in [2.45, 2.75) is 25.8 Å². The summed E-state index contributed by atoms with van der Waals surface area (Å²) in [6, 6.07) is 7.64. The average molecular weight is 235 g/mol. The molecule has 17 heavy (non-hydrogen) atoms. The predicted octanol–water partition coefficient (Wildman–Crippen LogP) is 2.04. The molecule has 4 heteroatoms. The van der Waals surface area contributed by atoms with Gasteiger partial charge in [-0.15, -0.1) is 5.48 Å². The average Bonchev–Trinajstić information content (AvgIpc) is 2.27. The maximum absolute atomic E-state index is 11.5. The lowest BCUT2D eigenvalue weighted by molar-refractivity contribution is -0.159. The molecule has 0 saturated heterocycles. The summed E-state index contributed by atoms with van der Waals surface area (Å²) < 4.78 is 5.20. The summed E-state index contributed by atoms with van der Waals surface area (Å²) in [6.45, 7) is 0.461. The van der Waals surface area contributed by atoms with Gasteiger partial charge in [-0.05, 0) is 18.9 Å². The van der Waals surface area contributed by atoms with Crippen LogP contribution in [-0.4, -0.2) is 13.1 Å². The first-order valence-electron chi connectivity index (χ1n) is 5.86. The molecule has 0 spiro atoms. The van der Waals surface area contributed by atoms with E-state index in [4.69, 9.17) is 9.57 Å². The van der Waals surface area contributed by atoms with Gasteiger partial charge in [-0.2, -0.15) is 0 Å². The number of para-hydroxylation sites is 1. The molecule has 1 fully saturated rings. The molecule has 1 aromatic rings. The van der Waals surface area contributed by atoms with Crippen molar-refractivity contribution >= 4 is 5.97 Å². The zero-order chi connectivity index (χ0) is 12.1. The van der Waals surface area contributed by atoms with Gasteiger partial charge in [0, 0.05) is 5.56 Å². The number of hydrogen-bond donors (Lipinski definition) is 1. The van der Waals surface area contributed by atoms with Crippen LogP contribution < -0.4 is 10.2 Å². The fraction of sp³-hybridized carbons (Fsp3) is 0.462. The van der Waals surface area contributed by atoms with Crippen LogP contribution in [0.5, 0.6) is 5.75 Å². The number of carbonyl (C=O) groups is 1. The number of nitrogens with one attached hydrogen (secondary N) is 1. The molecule has 2 rings (SSSR count). The molecule has 92 valence electrons. The summed E-state index contributed by atoms with van der Waals surface area (Å²) in [6.07, 6.45) is 3.04. The first-order valence-corrected chi connectivity index (χ1v) is 5.86. The minimum absolute atomic E-state index is 0.0974. The van der Waals surface area contributed by atoms with Crippen LogP contribution in [0.25, 0.3) is 0 Å². The normalized spacial score (nSPS) is 15.1. The molecule has 0 unspecified atom stereocenters. The molecule has 0 bridgehead atoms. The Morgan fingerprint density at radius 3 is 2.82 bits per heavy atom. The maximum atomic E-state index is 11.5. The molecule has 0 atom stereocenters. The van der Waals surface area contributed by atoms with Gasteiger partial charge in [0.2, 0.25) is 0 Å². The third-order valence-electron chi connectivity index (χ3n) is 3.07. The fourth-order valence-corrected chi connectivity index (χ4v) is 1.76. The second-order valence-corrected chi connectivity index (χ2v) is 4.18. The van der Waals surface area contributed by atoms with Gasteiger partial charge in [0.25, 0.3) is 0 Å². The Labute approximate surface area is 101 Å². The molecule has 1 aliphatic carbocycles. The number of rotatable bonds is 5. The van der Waals surface area contributed by atoms with Crippen molar-refractivity contribution < 1.29 is 14.4 Å². The lowest BCUT2D eigenvalue weighted by atomic mass is 9.86. The zero-order valence-corrected chi connectivity index (χ0v) is 9.94. The van der Waals surface area contributed by atoms with Crippen molar-refractivity contribution in [2.24, 2.45) is 5.92 Å². The molecular weight excluding hydrogens is 218 g/mol. The van der Waals surface area contributed by atoms with Crippen molar-refractivity contribution in [1.82, 2.24) is 5.48 Å². The summed E-state index contributed by atoms with van der Waals surface area (Å²) in [4.78, 5) is 16.5. The maximum Gasteiger partial charge on any atom is 0.327 e. The van der Waals surface area contributed by atoms with Crippen LogP contribution in [0.2, 0.25) is 0 Å². The summed E-state index contributed by atoms with van der Waals surface area (Å²) in [5.41, 5.74) is 3.66. The molecule has 1 aliphatic rings. The second kappa shape index (κ2) is 5.68. The van der Waals surface area contributed by atoms with Crippen molar-refractivity contribution in [2.75, 3.05) is 7.11 Å². The number of benzene rings is 1. The topological polar surface area (TPSA) is 47.6 Å². The minimum atomic E-state index is -0.147. The largest absolute Gasteiger partial charge is 0.496 e. The second-order valence-electron chi connectivity index (χ2n) is 4.18. The van der Waals surface area contributed by atoms with Gasteiger partial charge >= 0.3 is 5.97 Å². The van der Waals surface area contributed by atoms with Crippen LogP contribution in [0.3, 0.4) is 0 Å². The van der Waals surface area contributed by atoms with Gasteiger partial charge < -0.3 is 9.57 Å². The summed E-state index contributed by atoms with van der Waals surface area (Å²) in [5, 5.41) is 0. The van der Waals surface area contributed by atoms with Gasteiger partial charge in [-0.1, -0.05) is 24.6 Å². The van der Waals surface area contributed by atoms with Crippen LogP contribution in [0.1, 0.15) is 24.8 Å². The number of hydroxylamine groups is 1. The highest BCUT2D eigenvalue weighted by atomic mass is 16.7. The molecule has 0 radical (unpaired) electrons. The Balaban J connectivity index is 1.79. The van der Waals surface area contributed by atoms with Crippen molar-refractivity contribution in [3.05, 3.63) is 29.8 Å². The van der Waals surface area contributed by atoms with Crippen molar-refractivity contribution in [3.63, 3.8) is 0 Å². The third-order valence-corrected chi connectivity index (χ3v) is 3.07. The van der Waals surface area contributed by atoms with Crippen LogP contribution in [-0.2, 0) is 16.2 Å². The van der Waals surface area contributed by atoms with E-state index in [9.17, 15) is 4.79 Å². The minimum Gasteiger partial charge on any atom is -0.496 e. The fourth-order valence-electron chi connectivity index (χ4n) is 1.76. The van der Waals surface area contributed by atoms with Crippen LogP contribution in [0.4, 0.5) is 0 Å². The molecule has 0 aromatic heterocycles. The van der Waals surface area contributed by atoms with E-state index in [-0.39, 0.29) is 11.9 Å². The summed E-state index contributed by atoms with van der Waals surface area (Å²) in [7, 11) is 1.62. The van der Waals surface area contributed by atoms with E-state index in [0.717, 1.165) is 30.6 Å². The number of ether oxygens (including phenoxy) is 1. The number of methoxy groups -OCH3 is 1. The van der Waals surface area contributed by atoms with Crippen molar-refractivity contribution in [1.29, 1.82) is 0 Å². The first kappa shape index (κ1) is 11.9.